The predicted octanol–water partition coefficient (Wildman–Crippen LogP) is 3.42. The minimum absolute atomic E-state index is 0.155. The molecule has 1 N–H and O–H groups in total. The Morgan fingerprint density at radius 2 is 1.79 bits per heavy atom. The van der Waals surface area contributed by atoms with Crippen LogP contribution in [0.15, 0.2) is 46.0 Å². The van der Waals surface area contributed by atoms with Crippen molar-refractivity contribution in [3.05, 3.63) is 47.3 Å². The summed E-state index contributed by atoms with van der Waals surface area (Å²) in [7, 11) is -3.53. The van der Waals surface area contributed by atoms with Gasteiger partial charge in [0.1, 0.15) is 4.21 Å². The number of piperazine rings is 1. The van der Waals surface area contributed by atoms with Gasteiger partial charge in [-0.15, -0.1) is 11.3 Å². The molecule has 28 heavy (non-hydrogen) atoms. The van der Waals surface area contributed by atoms with Crippen molar-refractivity contribution < 1.29 is 26.7 Å². The van der Waals surface area contributed by atoms with Crippen molar-refractivity contribution in [1.82, 2.24) is 4.31 Å². The van der Waals surface area contributed by atoms with Crippen LogP contribution in [0.5, 0.6) is 0 Å². The first-order valence-electron chi connectivity index (χ1n) is 8.64. The van der Waals surface area contributed by atoms with Crippen molar-refractivity contribution in [2.45, 2.75) is 35.9 Å². The first kappa shape index (κ1) is 21.1. The molecule has 154 valence electrons. The SMILES string of the molecule is CC1CN(S(=O)(=O)c2cccs2)CCN1c1ccc(C(C)(O)C(F)(F)F)cc1. The molecule has 10 heteroatoms. The molecular formula is C18H21F3N2O3S2. The molecule has 2 unspecified atom stereocenters. The van der Waals surface area contributed by atoms with Crippen LogP contribution < -0.4 is 4.90 Å². The van der Waals surface area contributed by atoms with E-state index >= 15 is 0 Å². The van der Waals surface area contributed by atoms with E-state index in [9.17, 15) is 26.7 Å². The summed E-state index contributed by atoms with van der Waals surface area (Å²) in [5.41, 5.74) is -2.48. The minimum atomic E-state index is -4.77. The lowest BCUT2D eigenvalue weighted by Gasteiger charge is -2.40. The van der Waals surface area contributed by atoms with Crippen molar-refractivity contribution in [3.63, 3.8) is 0 Å². The molecule has 2 heterocycles. The number of rotatable bonds is 4. The quantitative estimate of drug-likeness (QED) is 0.801. The Balaban J connectivity index is 1.75. The second kappa shape index (κ2) is 7.33. The van der Waals surface area contributed by atoms with Crippen LogP contribution in [0.1, 0.15) is 19.4 Å². The maximum atomic E-state index is 13.0. The van der Waals surface area contributed by atoms with Gasteiger partial charge in [0, 0.05) is 31.4 Å². The van der Waals surface area contributed by atoms with Gasteiger partial charge in [-0.1, -0.05) is 18.2 Å². The summed E-state index contributed by atoms with van der Waals surface area (Å²) in [4.78, 5) is 1.95. The van der Waals surface area contributed by atoms with Gasteiger partial charge in [-0.3, -0.25) is 0 Å². The monoisotopic (exact) mass is 434 g/mol. The smallest absolute Gasteiger partial charge is 0.376 e. The molecule has 1 aliphatic heterocycles. The number of sulfonamides is 1. The Morgan fingerprint density at radius 3 is 2.29 bits per heavy atom. The van der Waals surface area contributed by atoms with Crippen molar-refractivity contribution >= 4 is 27.0 Å². The molecule has 2 aromatic rings. The molecule has 0 spiro atoms. The van der Waals surface area contributed by atoms with E-state index in [-0.39, 0.29) is 24.7 Å². The normalized spacial score (nSPS) is 21.5. The number of anilines is 1. The maximum absolute atomic E-state index is 13.0. The van der Waals surface area contributed by atoms with Crippen LogP contribution in [0.2, 0.25) is 0 Å². The van der Waals surface area contributed by atoms with Gasteiger partial charge in [0.2, 0.25) is 0 Å². The highest BCUT2D eigenvalue weighted by atomic mass is 32.2. The predicted molar refractivity (Wildman–Crippen MR) is 102 cm³/mol. The third-order valence-electron chi connectivity index (χ3n) is 4.99. The van der Waals surface area contributed by atoms with Crippen molar-refractivity contribution in [1.29, 1.82) is 0 Å². The number of alkyl halides is 3. The average Bonchev–Trinajstić information content (AvgIpc) is 3.16. The molecule has 3 rings (SSSR count). The highest BCUT2D eigenvalue weighted by Crippen LogP contribution is 2.39. The Kier molecular flexibility index (Phi) is 5.52. The van der Waals surface area contributed by atoms with Crippen LogP contribution in [0.3, 0.4) is 0 Å². The summed E-state index contributed by atoms with van der Waals surface area (Å²) in [6.07, 6.45) is -4.77. The summed E-state index contributed by atoms with van der Waals surface area (Å²) >= 11 is 1.17. The minimum Gasteiger partial charge on any atom is -0.376 e. The zero-order chi connectivity index (χ0) is 20.7. The summed E-state index contributed by atoms with van der Waals surface area (Å²) in [6, 6.07) is 8.66. The number of aliphatic hydroxyl groups is 1. The highest BCUT2D eigenvalue weighted by molar-refractivity contribution is 7.91. The lowest BCUT2D eigenvalue weighted by molar-refractivity contribution is -0.258. The summed E-state index contributed by atoms with van der Waals surface area (Å²) < 4.78 is 66.0. The zero-order valence-corrected chi connectivity index (χ0v) is 17.0. The number of benzene rings is 1. The molecule has 5 nitrogen and oxygen atoms in total. The van der Waals surface area contributed by atoms with Gasteiger partial charge in [0.05, 0.1) is 0 Å². The number of nitrogens with zero attached hydrogens (tertiary/aromatic N) is 2. The highest BCUT2D eigenvalue weighted by Gasteiger charge is 2.51. The van der Waals surface area contributed by atoms with E-state index in [0.717, 1.165) is 6.92 Å². The third-order valence-corrected chi connectivity index (χ3v) is 8.23. The second-order valence-corrected chi connectivity index (χ2v) is 10.1. The van der Waals surface area contributed by atoms with Gasteiger partial charge in [0.15, 0.2) is 5.60 Å². The van der Waals surface area contributed by atoms with Gasteiger partial charge < -0.3 is 10.0 Å². The van der Waals surface area contributed by atoms with Crippen molar-refractivity contribution in [2.75, 3.05) is 24.5 Å². The Bertz CT molecular complexity index is 911. The number of hydrogen-bond donors (Lipinski definition) is 1. The van der Waals surface area contributed by atoms with E-state index in [0.29, 0.717) is 16.4 Å². The van der Waals surface area contributed by atoms with E-state index in [1.165, 1.54) is 39.9 Å². The Labute approximate surface area is 166 Å². The van der Waals surface area contributed by atoms with Crippen LogP contribution in [0.4, 0.5) is 18.9 Å². The number of thiophene rings is 1. The fourth-order valence-electron chi connectivity index (χ4n) is 3.20. The molecule has 2 atom stereocenters. The molecule has 0 radical (unpaired) electrons. The lowest BCUT2D eigenvalue weighted by Crippen LogP contribution is -2.53. The first-order chi connectivity index (χ1) is 12.9. The first-order valence-corrected chi connectivity index (χ1v) is 11.0. The number of hydrogen-bond acceptors (Lipinski definition) is 5. The van der Waals surface area contributed by atoms with Gasteiger partial charge in [-0.25, -0.2) is 8.42 Å². The van der Waals surface area contributed by atoms with Gasteiger partial charge in [-0.05, 0) is 43.0 Å². The van der Waals surface area contributed by atoms with Gasteiger partial charge in [0.25, 0.3) is 10.0 Å². The summed E-state index contributed by atoms with van der Waals surface area (Å²) in [6.45, 7) is 3.57. The molecule has 0 bridgehead atoms. The molecule has 1 aromatic carbocycles. The summed E-state index contributed by atoms with van der Waals surface area (Å²) in [5, 5.41) is 11.5. The van der Waals surface area contributed by atoms with Crippen LogP contribution in [0, 0.1) is 0 Å². The lowest BCUT2D eigenvalue weighted by atomic mass is 9.95. The molecule has 1 aliphatic rings. The van der Waals surface area contributed by atoms with E-state index < -0.39 is 21.8 Å². The van der Waals surface area contributed by atoms with Crippen LogP contribution in [-0.2, 0) is 15.6 Å². The molecule has 1 saturated heterocycles. The topological polar surface area (TPSA) is 60.9 Å². The molecule has 0 saturated carbocycles. The number of halogens is 3. The van der Waals surface area contributed by atoms with E-state index in [2.05, 4.69) is 0 Å². The Morgan fingerprint density at radius 1 is 1.14 bits per heavy atom. The molecule has 1 fully saturated rings. The standard InChI is InChI=1S/C18H21F3N2O3S2/c1-13-12-22(28(25,26)16-4-3-11-27-16)9-10-23(13)15-7-5-14(6-8-15)17(2,24)18(19,20)21/h3-8,11,13,24H,9-10,12H2,1-2H3. The van der Waals surface area contributed by atoms with E-state index in [1.807, 2.05) is 11.8 Å². The van der Waals surface area contributed by atoms with Gasteiger partial charge in [-0.2, -0.15) is 17.5 Å². The zero-order valence-electron chi connectivity index (χ0n) is 15.3. The van der Waals surface area contributed by atoms with E-state index in [4.69, 9.17) is 0 Å². The summed E-state index contributed by atoms with van der Waals surface area (Å²) in [5.74, 6) is 0. The molecule has 0 amide bonds. The van der Waals surface area contributed by atoms with Crippen molar-refractivity contribution in [2.24, 2.45) is 0 Å². The van der Waals surface area contributed by atoms with Crippen molar-refractivity contribution in [3.8, 4) is 0 Å². The second-order valence-electron chi connectivity index (χ2n) is 6.95. The van der Waals surface area contributed by atoms with Gasteiger partial charge >= 0.3 is 6.18 Å². The largest absolute Gasteiger partial charge is 0.421 e. The van der Waals surface area contributed by atoms with Crippen LogP contribution in [0.25, 0.3) is 0 Å². The maximum Gasteiger partial charge on any atom is 0.421 e. The third kappa shape index (κ3) is 3.78. The van der Waals surface area contributed by atoms with Crippen LogP contribution in [-0.4, -0.2) is 49.7 Å². The molecule has 0 aliphatic carbocycles. The van der Waals surface area contributed by atoms with E-state index in [1.54, 1.807) is 17.5 Å². The molecular weight excluding hydrogens is 413 g/mol. The average molecular weight is 435 g/mol. The fourth-order valence-corrected chi connectivity index (χ4v) is 5.86. The molecule has 1 aromatic heterocycles. The van der Waals surface area contributed by atoms with Crippen LogP contribution >= 0.6 is 11.3 Å². The fraction of sp³-hybridized carbons (Fsp3) is 0.444. The Hall–Kier alpha value is -1.62.